The van der Waals surface area contributed by atoms with Crippen molar-refractivity contribution in [3.8, 4) is 0 Å². The number of hydrogen-bond donors (Lipinski definition) is 1. The summed E-state index contributed by atoms with van der Waals surface area (Å²) in [6.45, 7) is 10.9. The van der Waals surface area contributed by atoms with Gasteiger partial charge in [-0.05, 0) is 26.3 Å². The van der Waals surface area contributed by atoms with Crippen molar-refractivity contribution in [1.82, 2.24) is 9.88 Å². The van der Waals surface area contributed by atoms with Crippen LogP contribution in [0.2, 0.25) is 0 Å². The number of rotatable bonds is 4. The molecule has 1 saturated heterocycles. The van der Waals surface area contributed by atoms with E-state index in [-0.39, 0.29) is 6.61 Å². The lowest BCUT2D eigenvalue weighted by Crippen LogP contribution is -2.49. The van der Waals surface area contributed by atoms with E-state index in [1.54, 1.807) is 6.20 Å². The van der Waals surface area contributed by atoms with E-state index >= 15 is 0 Å². The zero-order valence-corrected chi connectivity index (χ0v) is 12.3. The number of aromatic nitrogens is 1. The molecule has 0 aliphatic carbocycles. The van der Waals surface area contributed by atoms with E-state index in [2.05, 4.69) is 34.7 Å². The van der Waals surface area contributed by atoms with Crippen LogP contribution in [0.1, 0.15) is 31.5 Å². The average molecular weight is 263 g/mol. The second kappa shape index (κ2) is 6.35. The van der Waals surface area contributed by atoms with Crippen molar-refractivity contribution in [3.63, 3.8) is 0 Å². The Morgan fingerprint density at radius 3 is 2.58 bits per heavy atom. The topological polar surface area (TPSA) is 39.6 Å². The predicted octanol–water partition coefficient (Wildman–Crippen LogP) is 1.80. The van der Waals surface area contributed by atoms with Gasteiger partial charge in [-0.2, -0.15) is 0 Å². The lowest BCUT2D eigenvalue weighted by atomic mass is 10.1. The van der Waals surface area contributed by atoms with Gasteiger partial charge in [0.05, 0.1) is 6.61 Å². The second-order valence-corrected chi connectivity index (χ2v) is 5.39. The number of hydrogen-bond acceptors (Lipinski definition) is 4. The summed E-state index contributed by atoms with van der Waals surface area (Å²) < 4.78 is 0. The molecule has 0 bridgehead atoms. The molecule has 106 valence electrons. The molecule has 4 heteroatoms. The summed E-state index contributed by atoms with van der Waals surface area (Å²) in [6.07, 6.45) is 3.00. The molecular weight excluding hydrogens is 238 g/mol. The van der Waals surface area contributed by atoms with Crippen LogP contribution < -0.4 is 4.90 Å². The first-order valence-electron chi connectivity index (χ1n) is 7.21. The molecule has 1 aromatic heterocycles. The molecule has 1 N–H and O–H groups in total. The predicted molar refractivity (Wildman–Crippen MR) is 78.4 cm³/mol. The van der Waals surface area contributed by atoms with E-state index in [0.717, 1.165) is 43.1 Å². The van der Waals surface area contributed by atoms with Crippen molar-refractivity contribution in [3.05, 3.63) is 23.5 Å². The summed E-state index contributed by atoms with van der Waals surface area (Å²) >= 11 is 0. The first-order chi connectivity index (χ1) is 9.15. The molecule has 1 fully saturated rings. The minimum Gasteiger partial charge on any atom is -0.392 e. The maximum Gasteiger partial charge on any atom is 0.0717 e. The Labute approximate surface area is 116 Å². The summed E-state index contributed by atoms with van der Waals surface area (Å²) in [5.74, 6) is 0. The van der Waals surface area contributed by atoms with E-state index in [4.69, 9.17) is 0 Å². The van der Waals surface area contributed by atoms with Gasteiger partial charge in [-0.3, -0.25) is 9.88 Å². The van der Waals surface area contributed by atoms with Gasteiger partial charge in [0.15, 0.2) is 0 Å². The van der Waals surface area contributed by atoms with Crippen LogP contribution in [0, 0.1) is 6.92 Å². The molecule has 2 rings (SSSR count). The Kier molecular flexibility index (Phi) is 4.77. The van der Waals surface area contributed by atoms with Crippen molar-refractivity contribution >= 4 is 5.69 Å². The Hall–Kier alpha value is -1.13. The molecule has 1 unspecified atom stereocenters. The van der Waals surface area contributed by atoms with Crippen molar-refractivity contribution in [2.24, 2.45) is 0 Å². The van der Waals surface area contributed by atoms with E-state index in [1.165, 1.54) is 6.42 Å². The molecule has 4 nitrogen and oxygen atoms in total. The standard InChI is InChI=1S/C15H25N3O/c1-4-13(3)17-5-7-18(8-6-17)15-9-12(2)16-10-14(15)11-19/h9-10,13,19H,4-8,11H2,1-3H3. The van der Waals surface area contributed by atoms with Gasteiger partial charge in [-0.15, -0.1) is 0 Å². The molecule has 1 atom stereocenters. The monoisotopic (exact) mass is 263 g/mol. The van der Waals surface area contributed by atoms with Crippen molar-refractivity contribution < 1.29 is 5.11 Å². The third kappa shape index (κ3) is 3.25. The SMILES string of the molecule is CCC(C)N1CCN(c2cc(C)ncc2CO)CC1. The number of aliphatic hydroxyl groups is 1. The van der Waals surface area contributed by atoms with Gasteiger partial charge >= 0.3 is 0 Å². The van der Waals surface area contributed by atoms with Gasteiger partial charge in [0.1, 0.15) is 0 Å². The third-order valence-corrected chi connectivity index (χ3v) is 4.14. The molecule has 1 aliphatic rings. The van der Waals surface area contributed by atoms with E-state index in [0.29, 0.717) is 6.04 Å². The summed E-state index contributed by atoms with van der Waals surface area (Å²) in [6, 6.07) is 2.75. The number of aliphatic hydroxyl groups excluding tert-OH is 1. The fraction of sp³-hybridized carbons (Fsp3) is 0.667. The molecular formula is C15H25N3O. The number of nitrogens with zero attached hydrogens (tertiary/aromatic N) is 3. The van der Waals surface area contributed by atoms with E-state index in [1.807, 2.05) is 6.92 Å². The number of pyridine rings is 1. The smallest absolute Gasteiger partial charge is 0.0717 e. The molecule has 19 heavy (non-hydrogen) atoms. The normalized spacial score (nSPS) is 18.6. The number of anilines is 1. The summed E-state index contributed by atoms with van der Waals surface area (Å²) in [5, 5.41) is 9.44. The van der Waals surface area contributed by atoms with Crippen LogP contribution in [0.15, 0.2) is 12.3 Å². The summed E-state index contributed by atoms with van der Waals surface area (Å²) in [4.78, 5) is 9.18. The summed E-state index contributed by atoms with van der Waals surface area (Å²) in [7, 11) is 0. The van der Waals surface area contributed by atoms with Crippen LogP contribution >= 0.6 is 0 Å². The quantitative estimate of drug-likeness (QED) is 0.899. The Bertz CT molecular complexity index is 414. The number of piperazine rings is 1. The highest BCUT2D eigenvalue weighted by Crippen LogP contribution is 2.23. The minimum atomic E-state index is 0.0637. The van der Waals surface area contributed by atoms with Crippen LogP contribution in [-0.2, 0) is 6.61 Å². The molecule has 0 aromatic carbocycles. The molecule has 0 amide bonds. The zero-order chi connectivity index (χ0) is 13.8. The lowest BCUT2D eigenvalue weighted by molar-refractivity contribution is 0.192. The van der Waals surface area contributed by atoms with Crippen LogP contribution in [0.3, 0.4) is 0 Å². The Morgan fingerprint density at radius 2 is 2.00 bits per heavy atom. The van der Waals surface area contributed by atoms with Crippen LogP contribution in [0.4, 0.5) is 5.69 Å². The fourth-order valence-corrected chi connectivity index (χ4v) is 2.65. The lowest BCUT2D eigenvalue weighted by Gasteiger charge is -2.39. The first-order valence-corrected chi connectivity index (χ1v) is 7.21. The molecule has 0 saturated carbocycles. The second-order valence-electron chi connectivity index (χ2n) is 5.39. The largest absolute Gasteiger partial charge is 0.392 e. The van der Waals surface area contributed by atoms with Gasteiger partial charge in [0, 0.05) is 55.4 Å². The van der Waals surface area contributed by atoms with E-state index < -0.39 is 0 Å². The van der Waals surface area contributed by atoms with Crippen molar-refractivity contribution in [2.45, 2.75) is 39.8 Å². The molecule has 1 aromatic rings. The third-order valence-electron chi connectivity index (χ3n) is 4.14. The van der Waals surface area contributed by atoms with Gasteiger partial charge in [-0.1, -0.05) is 6.92 Å². The highest BCUT2D eigenvalue weighted by Gasteiger charge is 2.21. The zero-order valence-electron chi connectivity index (χ0n) is 12.3. The van der Waals surface area contributed by atoms with E-state index in [9.17, 15) is 5.11 Å². The molecule has 0 radical (unpaired) electrons. The van der Waals surface area contributed by atoms with Gasteiger partial charge in [-0.25, -0.2) is 0 Å². The Balaban J connectivity index is 2.07. The molecule has 1 aliphatic heterocycles. The Morgan fingerprint density at radius 1 is 1.32 bits per heavy atom. The highest BCUT2D eigenvalue weighted by atomic mass is 16.3. The summed E-state index contributed by atoms with van der Waals surface area (Å²) in [5.41, 5.74) is 3.10. The van der Waals surface area contributed by atoms with Gasteiger partial charge in [0.25, 0.3) is 0 Å². The van der Waals surface area contributed by atoms with Crippen LogP contribution in [-0.4, -0.2) is 47.2 Å². The molecule has 0 spiro atoms. The first kappa shape index (κ1) is 14.3. The van der Waals surface area contributed by atoms with Crippen molar-refractivity contribution in [1.29, 1.82) is 0 Å². The number of aryl methyl sites for hydroxylation is 1. The maximum atomic E-state index is 9.44. The van der Waals surface area contributed by atoms with Crippen molar-refractivity contribution in [2.75, 3.05) is 31.1 Å². The molecule has 2 heterocycles. The fourth-order valence-electron chi connectivity index (χ4n) is 2.65. The average Bonchev–Trinajstić information content (AvgIpc) is 2.46. The van der Waals surface area contributed by atoms with Gasteiger partial charge < -0.3 is 10.0 Å². The highest BCUT2D eigenvalue weighted by molar-refractivity contribution is 5.53. The van der Waals surface area contributed by atoms with Crippen LogP contribution in [0.5, 0.6) is 0 Å². The minimum absolute atomic E-state index is 0.0637. The van der Waals surface area contributed by atoms with Crippen LogP contribution in [0.25, 0.3) is 0 Å². The maximum absolute atomic E-state index is 9.44. The van der Waals surface area contributed by atoms with Gasteiger partial charge in [0.2, 0.25) is 0 Å².